The lowest BCUT2D eigenvalue weighted by molar-refractivity contribution is -0.143. The van der Waals surface area contributed by atoms with E-state index in [9.17, 15) is 4.79 Å². The van der Waals surface area contributed by atoms with Crippen LogP contribution in [0.3, 0.4) is 0 Å². The Labute approximate surface area is 186 Å². The highest BCUT2D eigenvalue weighted by atomic mass is 16.5. The molecule has 3 aliphatic rings. The number of carbonyl (C=O) groups excluding carboxylic acids is 1. The van der Waals surface area contributed by atoms with Gasteiger partial charge in [0, 0.05) is 18.0 Å². The minimum absolute atomic E-state index is 0.156. The minimum atomic E-state index is -0.491. The zero-order chi connectivity index (χ0) is 21.6. The molecular weight excluding hydrogens is 382 g/mol. The molecule has 5 rings (SSSR count). The molecule has 3 nitrogen and oxygen atoms in total. The molecule has 31 heavy (non-hydrogen) atoms. The van der Waals surface area contributed by atoms with E-state index in [2.05, 4.69) is 47.4 Å². The van der Waals surface area contributed by atoms with Gasteiger partial charge in [-0.05, 0) is 87.7 Å². The molecule has 2 aromatic carbocycles. The normalized spacial score (nSPS) is 27.8. The van der Waals surface area contributed by atoms with Gasteiger partial charge in [0.25, 0.3) is 0 Å². The van der Waals surface area contributed by atoms with Gasteiger partial charge >= 0.3 is 5.97 Å². The zero-order valence-corrected chi connectivity index (χ0v) is 19.2. The number of esters is 1. The fourth-order valence-corrected chi connectivity index (χ4v) is 6.40. The second kappa shape index (κ2) is 7.78. The predicted octanol–water partition coefficient (Wildman–Crippen LogP) is 5.90. The number of likely N-dealkylation sites (tertiary alicyclic amines) is 1. The smallest absolute Gasteiger partial charge is 0.316 e. The third-order valence-corrected chi connectivity index (χ3v) is 7.97. The second-order valence-corrected chi connectivity index (χ2v) is 10.9. The summed E-state index contributed by atoms with van der Waals surface area (Å²) < 4.78 is 5.81. The number of carbonyl (C=O) groups is 1. The van der Waals surface area contributed by atoms with E-state index in [-0.39, 0.29) is 11.4 Å². The zero-order valence-electron chi connectivity index (χ0n) is 19.2. The molecule has 3 heteroatoms. The van der Waals surface area contributed by atoms with Gasteiger partial charge in [0.2, 0.25) is 0 Å². The first-order chi connectivity index (χ1) is 14.9. The van der Waals surface area contributed by atoms with Crippen molar-refractivity contribution in [1.29, 1.82) is 0 Å². The number of ether oxygens (including phenoxy) is 1. The van der Waals surface area contributed by atoms with Gasteiger partial charge in [0.1, 0.15) is 5.75 Å². The van der Waals surface area contributed by atoms with E-state index in [4.69, 9.17) is 4.74 Å². The Morgan fingerprint density at radius 3 is 2.68 bits per heavy atom. The third kappa shape index (κ3) is 3.71. The van der Waals surface area contributed by atoms with Crippen molar-refractivity contribution in [2.24, 2.45) is 11.3 Å². The molecule has 1 heterocycles. The Hall–Kier alpha value is -2.13. The van der Waals surface area contributed by atoms with Gasteiger partial charge < -0.3 is 4.74 Å². The molecule has 0 unspecified atom stereocenters. The Morgan fingerprint density at radius 2 is 1.90 bits per heavy atom. The lowest BCUT2D eigenvalue weighted by atomic mass is 9.52. The van der Waals surface area contributed by atoms with Crippen LogP contribution in [-0.2, 0) is 23.2 Å². The van der Waals surface area contributed by atoms with Gasteiger partial charge in [-0.3, -0.25) is 9.69 Å². The van der Waals surface area contributed by atoms with Gasteiger partial charge in [-0.2, -0.15) is 0 Å². The molecule has 0 amide bonds. The third-order valence-electron chi connectivity index (χ3n) is 7.97. The predicted molar refractivity (Wildman–Crippen MR) is 124 cm³/mol. The van der Waals surface area contributed by atoms with Crippen molar-refractivity contribution >= 4 is 5.97 Å². The minimum Gasteiger partial charge on any atom is -0.426 e. The number of hydrogen-bond acceptors (Lipinski definition) is 3. The van der Waals surface area contributed by atoms with Crippen molar-refractivity contribution in [3.8, 4) is 5.75 Å². The summed E-state index contributed by atoms with van der Waals surface area (Å²) in [5.74, 6) is 1.28. The van der Waals surface area contributed by atoms with Crippen molar-refractivity contribution in [3.63, 3.8) is 0 Å². The van der Waals surface area contributed by atoms with Crippen LogP contribution in [0.25, 0.3) is 0 Å². The Balaban J connectivity index is 1.47. The molecule has 3 atom stereocenters. The Bertz CT molecular complexity index is 961. The van der Waals surface area contributed by atoms with E-state index in [0.717, 1.165) is 25.3 Å². The highest BCUT2D eigenvalue weighted by Gasteiger charge is 2.53. The molecule has 2 aliphatic carbocycles. The molecule has 0 radical (unpaired) electrons. The number of fused-ring (bicyclic) bond motifs is 1. The maximum absolute atomic E-state index is 12.5. The van der Waals surface area contributed by atoms with Crippen LogP contribution >= 0.6 is 0 Å². The molecule has 2 aromatic rings. The number of rotatable bonds is 3. The molecule has 1 saturated carbocycles. The van der Waals surface area contributed by atoms with Crippen molar-refractivity contribution in [2.45, 2.75) is 77.3 Å². The summed E-state index contributed by atoms with van der Waals surface area (Å²) in [4.78, 5) is 15.2. The molecule has 0 N–H and O–H groups in total. The van der Waals surface area contributed by atoms with Crippen molar-refractivity contribution < 1.29 is 9.53 Å². The summed E-state index contributed by atoms with van der Waals surface area (Å²) in [6.45, 7) is 7.94. The quantitative estimate of drug-likeness (QED) is 0.460. The van der Waals surface area contributed by atoms with Crippen molar-refractivity contribution in [1.82, 2.24) is 4.90 Å². The van der Waals surface area contributed by atoms with Gasteiger partial charge in [-0.25, -0.2) is 0 Å². The topological polar surface area (TPSA) is 29.5 Å². The maximum Gasteiger partial charge on any atom is 0.316 e. The van der Waals surface area contributed by atoms with E-state index in [0.29, 0.717) is 12.0 Å². The van der Waals surface area contributed by atoms with E-state index >= 15 is 0 Å². The van der Waals surface area contributed by atoms with Crippen molar-refractivity contribution in [3.05, 3.63) is 65.2 Å². The summed E-state index contributed by atoms with van der Waals surface area (Å²) in [7, 11) is 0. The fourth-order valence-electron chi connectivity index (χ4n) is 6.40. The highest BCUT2D eigenvalue weighted by molar-refractivity contribution is 5.78. The van der Waals surface area contributed by atoms with Crippen LogP contribution in [0.5, 0.6) is 5.75 Å². The molecule has 2 fully saturated rings. The van der Waals surface area contributed by atoms with Gasteiger partial charge in [-0.15, -0.1) is 0 Å². The molecular formula is C28H35NO2. The van der Waals surface area contributed by atoms with Crippen LogP contribution < -0.4 is 4.74 Å². The summed E-state index contributed by atoms with van der Waals surface area (Å²) in [5, 5.41) is 0. The monoisotopic (exact) mass is 417 g/mol. The maximum atomic E-state index is 12.5. The summed E-state index contributed by atoms with van der Waals surface area (Å²) >= 11 is 0. The van der Waals surface area contributed by atoms with E-state index in [1.807, 2.05) is 26.8 Å². The molecule has 0 spiro atoms. The van der Waals surface area contributed by atoms with Crippen LogP contribution in [0.15, 0.2) is 48.5 Å². The fraction of sp³-hybridized carbons (Fsp3) is 0.536. The molecule has 0 aromatic heterocycles. The van der Waals surface area contributed by atoms with Gasteiger partial charge in [0.05, 0.1) is 5.41 Å². The van der Waals surface area contributed by atoms with Crippen LogP contribution in [0.4, 0.5) is 0 Å². The molecule has 1 saturated heterocycles. The lowest BCUT2D eigenvalue weighted by Crippen LogP contribution is -2.60. The standard InChI is InChI=1S/C28H35NO2/c1-27(2,3)26(30)31-22-13-12-21-17-25-23-11-7-8-14-28(23,24(21)18-22)15-16-29(25)19-20-9-5-4-6-10-20/h4-6,9-10,12-13,18,23,25H,7-8,11,14-17,19H2,1-3H3/t23-,25+,28+/m0/s1. The number of piperidine rings is 1. The van der Waals surface area contributed by atoms with Crippen LogP contribution in [0.1, 0.15) is 69.6 Å². The largest absolute Gasteiger partial charge is 0.426 e. The van der Waals surface area contributed by atoms with Crippen LogP contribution in [0, 0.1) is 11.3 Å². The molecule has 164 valence electrons. The first-order valence-electron chi connectivity index (χ1n) is 12.0. The van der Waals surface area contributed by atoms with E-state index in [1.165, 1.54) is 48.8 Å². The SMILES string of the molecule is CC(C)(C)C(=O)Oc1ccc2c(c1)[C@@]13CCCC[C@H]1[C@@H](C2)N(Cc1ccccc1)CC3. The first-order valence-corrected chi connectivity index (χ1v) is 12.0. The number of nitrogens with zero attached hydrogens (tertiary/aromatic N) is 1. The number of hydrogen-bond donors (Lipinski definition) is 0. The number of benzene rings is 2. The lowest BCUT2D eigenvalue weighted by Gasteiger charge is -2.59. The van der Waals surface area contributed by atoms with Crippen LogP contribution in [-0.4, -0.2) is 23.5 Å². The first kappa shape index (κ1) is 20.8. The van der Waals surface area contributed by atoms with Gasteiger partial charge in [-0.1, -0.05) is 49.2 Å². The van der Waals surface area contributed by atoms with E-state index < -0.39 is 5.41 Å². The summed E-state index contributed by atoms with van der Waals surface area (Å²) in [6.07, 6.45) is 7.58. The molecule has 1 aliphatic heterocycles. The Kier molecular flexibility index (Phi) is 5.21. The second-order valence-electron chi connectivity index (χ2n) is 10.9. The average Bonchev–Trinajstić information content (AvgIpc) is 2.76. The summed E-state index contributed by atoms with van der Waals surface area (Å²) in [5.41, 5.74) is 4.13. The average molecular weight is 418 g/mol. The Morgan fingerprint density at radius 1 is 1.10 bits per heavy atom. The van der Waals surface area contributed by atoms with E-state index in [1.54, 1.807) is 0 Å². The van der Waals surface area contributed by atoms with Crippen LogP contribution in [0.2, 0.25) is 0 Å². The molecule has 2 bridgehead atoms. The summed E-state index contributed by atoms with van der Waals surface area (Å²) in [6, 6.07) is 18.0. The highest BCUT2D eigenvalue weighted by Crippen LogP contribution is 2.56. The van der Waals surface area contributed by atoms with Gasteiger partial charge in [0.15, 0.2) is 0 Å². The van der Waals surface area contributed by atoms with Crippen molar-refractivity contribution in [2.75, 3.05) is 6.54 Å².